The number of methoxy groups -OCH3 is 1. The Labute approximate surface area is 144 Å². The van der Waals surface area contributed by atoms with Crippen LogP contribution in [0.3, 0.4) is 0 Å². The van der Waals surface area contributed by atoms with Gasteiger partial charge in [0.05, 0.1) is 13.7 Å². The van der Waals surface area contributed by atoms with Gasteiger partial charge >= 0.3 is 0 Å². The molecule has 0 heterocycles. The van der Waals surface area contributed by atoms with E-state index in [4.69, 9.17) is 4.74 Å². The Morgan fingerprint density at radius 2 is 2.17 bits per heavy atom. The molecule has 0 spiro atoms. The highest BCUT2D eigenvalue weighted by atomic mass is 16.5. The maximum atomic E-state index is 12.1. The van der Waals surface area contributed by atoms with Crippen LogP contribution in [0.1, 0.15) is 40.0 Å². The van der Waals surface area contributed by atoms with Crippen LogP contribution in [0.5, 0.6) is 5.75 Å². The van der Waals surface area contributed by atoms with E-state index in [-0.39, 0.29) is 12.5 Å². The van der Waals surface area contributed by atoms with Gasteiger partial charge in [0, 0.05) is 23.4 Å². The second kappa shape index (κ2) is 8.71. The molecule has 0 radical (unpaired) electrons. The first-order valence-corrected chi connectivity index (χ1v) is 8.72. The predicted molar refractivity (Wildman–Crippen MR) is 98.4 cm³/mol. The molecule has 132 valence electrons. The zero-order valence-electron chi connectivity index (χ0n) is 15.1. The lowest BCUT2D eigenvalue weighted by atomic mass is 9.76. The lowest BCUT2D eigenvalue weighted by molar-refractivity contribution is -0.119. The van der Waals surface area contributed by atoms with Crippen LogP contribution in [-0.2, 0) is 4.79 Å². The van der Waals surface area contributed by atoms with E-state index in [1.807, 2.05) is 24.3 Å². The third kappa shape index (κ3) is 5.25. The van der Waals surface area contributed by atoms with Crippen molar-refractivity contribution in [2.45, 2.75) is 40.0 Å². The number of nitrogens with one attached hydrogen (secondary N) is 2. The van der Waals surface area contributed by atoms with Crippen LogP contribution >= 0.6 is 0 Å². The highest BCUT2D eigenvalue weighted by Gasteiger charge is 2.27. The van der Waals surface area contributed by atoms with Crippen molar-refractivity contribution in [3.05, 3.63) is 24.3 Å². The van der Waals surface area contributed by atoms with E-state index in [9.17, 15) is 4.79 Å². The number of hydrogen-bond acceptors (Lipinski definition) is 4. The monoisotopic (exact) mass is 331 g/mol. The maximum absolute atomic E-state index is 12.1. The third-order valence-electron chi connectivity index (χ3n) is 4.61. The summed E-state index contributed by atoms with van der Waals surface area (Å²) in [5, 5.41) is 7.52. The number of benzene rings is 1. The Morgan fingerprint density at radius 1 is 1.38 bits per heavy atom. The summed E-state index contributed by atoms with van der Waals surface area (Å²) < 4.78 is 5.17. The number of ether oxygens (including phenoxy) is 1. The summed E-state index contributed by atoms with van der Waals surface area (Å²) in [6.07, 6.45) is 3.38. The lowest BCUT2D eigenvalue weighted by Crippen LogP contribution is -2.32. The molecule has 0 aromatic heterocycles. The summed E-state index contributed by atoms with van der Waals surface area (Å²) in [5.74, 6) is 2.31. The van der Waals surface area contributed by atoms with Crippen LogP contribution in [0.2, 0.25) is 0 Å². The zero-order valence-corrected chi connectivity index (χ0v) is 15.1. The van der Waals surface area contributed by atoms with Gasteiger partial charge in [-0.1, -0.05) is 26.8 Å². The van der Waals surface area contributed by atoms with Crippen LogP contribution in [0.25, 0.3) is 0 Å². The summed E-state index contributed by atoms with van der Waals surface area (Å²) in [4.78, 5) is 12.1. The van der Waals surface area contributed by atoms with Crippen molar-refractivity contribution in [1.29, 1.82) is 0 Å². The smallest absolute Gasteiger partial charge is 0.259 e. The largest absolute Gasteiger partial charge is 0.497 e. The van der Waals surface area contributed by atoms with E-state index in [0.717, 1.165) is 30.0 Å². The maximum Gasteiger partial charge on any atom is 0.259 e. The molecule has 5 nitrogen and oxygen atoms in total. The summed E-state index contributed by atoms with van der Waals surface area (Å²) >= 11 is 0. The quantitative estimate of drug-likeness (QED) is 0.782. The molecule has 5 heteroatoms. The van der Waals surface area contributed by atoms with Crippen molar-refractivity contribution in [3.63, 3.8) is 0 Å². The molecule has 1 amide bonds. The van der Waals surface area contributed by atoms with E-state index in [1.165, 1.54) is 6.42 Å². The van der Waals surface area contributed by atoms with E-state index >= 15 is 0 Å². The first-order valence-electron chi connectivity index (χ1n) is 8.72. The van der Waals surface area contributed by atoms with Gasteiger partial charge in [-0.25, -0.2) is 5.43 Å². The summed E-state index contributed by atoms with van der Waals surface area (Å²) in [6, 6.07) is 7.51. The molecule has 2 rings (SSSR count). The number of carbonyl (C=O) groups excluding carboxylic acids is 1. The van der Waals surface area contributed by atoms with Gasteiger partial charge < -0.3 is 10.1 Å². The summed E-state index contributed by atoms with van der Waals surface area (Å²) in [5.41, 5.74) is 4.70. The number of nitrogens with zero attached hydrogens (tertiary/aromatic N) is 1. The molecule has 24 heavy (non-hydrogen) atoms. The highest BCUT2D eigenvalue weighted by Crippen LogP contribution is 2.31. The Balaban J connectivity index is 1.88. The Kier molecular flexibility index (Phi) is 6.64. The minimum Gasteiger partial charge on any atom is -0.497 e. The highest BCUT2D eigenvalue weighted by molar-refractivity contribution is 5.89. The molecule has 1 aromatic rings. The average Bonchev–Trinajstić information content (AvgIpc) is 2.58. The fourth-order valence-corrected chi connectivity index (χ4v) is 3.18. The molecule has 2 atom stereocenters. The Morgan fingerprint density at radius 3 is 2.88 bits per heavy atom. The normalized spacial score (nSPS) is 22.5. The SMILES string of the molecule is COc1cccc(NCC(=O)N/N=C2/C[C@@H](C)CC[C@H]2C(C)C)c1. The van der Waals surface area contributed by atoms with E-state index in [1.54, 1.807) is 7.11 Å². The average molecular weight is 331 g/mol. The van der Waals surface area contributed by atoms with Crippen molar-refractivity contribution >= 4 is 17.3 Å². The van der Waals surface area contributed by atoms with Gasteiger partial charge in [-0.15, -0.1) is 0 Å². The number of hydrazone groups is 1. The lowest BCUT2D eigenvalue weighted by Gasteiger charge is -2.30. The molecular formula is C19H29N3O2. The number of amides is 1. The first-order chi connectivity index (χ1) is 11.5. The topological polar surface area (TPSA) is 62.7 Å². The van der Waals surface area contributed by atoms with E-state index in [2.05, 4.69) is 36.6 Å². The zero-order chi connectivity index (χ0) is 17.5. The van der Waals surface area contributed by atoms with Gasteiger partial charge in [0.2, 0.25) is 0 Å². The predicted octanol–water partition coefficient (Wildman–Crippen LogP) is 3.67. The van der Waals surface area contributed by atoms with Crippen LogP contribution in [0, 0.1) is 17.8 Å². The Hall–Kier alpha value is -2.04. The van der Waals surface area contributed by atoms with Crippen molar-refractivity contribution in [3.8, 4) is 5.75 Å². The van der Waals surface area contributed by atoms with Gasteiger partial charge in [-0.3, -0.25) is 4.79 Å². The van der Waals surface area contributed by atoms with Crippen molar-refractivity contribution < 1.29 is 9.53 Å². The molecule has 1 fully saturated rings. The third-order valence-corrected chi connectivity index (χ3v) is 4.61. The van der Waals surface area contributed by atoms with Gasteiger partial charge in [-0.2, -0.15) is 5.10 Å². The molecule has 1 saturated carbocycles. The molecule has 2 N–H and O–H groups in total. The summed E-state index contributed by atoms with van der Waals surface area (Å²) in [6.45, 7) is 6.88. The standard InChI is InChI=1S/C19H29N3O2/c1-13(2)17-9-8-14(3)10-18(17)21-22-19(23)12-20-15-6-5-7-16(11-15)24-4/h5-7,11,13-14,17,20H,8-10,12H2,1-4H3,(H,22,23)/b21-18-/t14-,17-/m0/s1. The van der Waals surface area contributed by atoms with Crippen LogP contribution in [-0.4, -0.2) is 25.3 Å². The number of carbonyl (C=O) groups is 1. The second-order valence-corrected chi connectivity index (χ2v) is 6.96. The molecule has 1 aliphatic carbocycles. The number of hydrogen-bond donors (Lipinski definition) is 2. The molecule has 1 aliphatic rings. The van der Waals surface area contributed by atoms with Crippen LogP contribution in [0.4, 0.5) is 5.69 Å². The molecule has 0 saturated heterocycles. The molecule has 0 aliphatic heterocycles. The molecule has 1 aromatic carbocycles. The Bertz CT molecular complexity index is 584. The van der Waals surface area contributed by atoms with Crippen molar-refractivity contribution in [2.75, 3.05) is 19.0 Å². The van der Waals surface area contributed by atoms with Gasteiger partial charge in [-0.05, 0) is 43.2 Å². The minimum absolute atomic E-state index is 0.133. The number of rotatable bonds is 6. The first kappa shape index (κ1) is 18.3. The van der Waals surface area contributed by atoms with E-state index in [0.29, 0.717) is 17.8 Å². The van der Waals surface area contributed by atoms with Crippen LogP contribution in [0.15, 0.2) is 29.4 Å². The summed E-state index contributed by atoms with van der Waals surface area (Å²) in [7, 11) is 1.62. The molecular weight excluding hydrogens is 302 g/mol. The fraction of sp³-hybridized carbons (Fsp3) is 0.579. The van der Waals surface area contributed by atoms with Crippen LogP contribution < -0.4 is 15.5 Å². The molecule has 0 unspecified atom stereocenters. The molecule has 0 bridgehead atoms. The number of anilines is 1. The van der Waals surface area contributed by atoms with Crippen molar-refractivity contribution in [2.24, 2.45) is 22.9 Å². The van der Waals surface area contributed by atoms with Crippen molar-refractivity contribution in [1.82, 2.24) is 5.43 Å². The van der Waals surface area contributed by atoms with Gasteiger partial charge in [0.25, 0.3) is 5.91 Å². The van der Waals surface area contributed by atoms with Gasteiger partial charge in [0.15, 0.2) is 0 Å². The van der Waals surface area contributed by atoms with Gasteiger partial charge in [0.1, 0.15) is 5.75 Å². The fourth-order valence-electron chi connectivity index (χ4n) is 3.18. The minimum atomic E-state index is -0.133. The van der Waals surface area contributed by atoms with E-state index < -0.39 is 0 Å². The second-order valence-electron chi connectivity index (χ2n) is 6.96.